The maximum atomic E-state index is 11.9. The molecular weight excluding hydrogens is 260 g/mol. The molecule has 0 aliphatic rings. The Morgan fingerprint density at radius 1 is 0.905 bits per heavy atom. The maximum Gasteiger partial charge on any atom is 0.251 e. The van der Waals surface area contributed by atoms with Gasteiger partial charge in [-0.05, 0) is 30.7 Å². The van der Waals surface area contributed by atoms with Crippen LogP contribution in [0.4, 0.5) is 5.69 Å². The fraction of sp³-hybridized carbons (Fsp3) is 0.611. The van der Waals surface area contributed by atoms with Gasteiger partial charge in [0.2, 0.25) is 0 Å². The number of anilines is 1. The summed E-state index contributed by atoms with van der Waals surface area (Å²) in [6.45, 7) is 3.02. The Labute approximate surface area is 129 Å². The van der Waals surface area contributed by atoms with E-state index in [1.807, 2.05) is 31.3 Å². The third-order valence-electron chi connectivity index (χ3n) is 3.75. The Bertz CT molecular complexity index is 387. The van der Waals surface area contributed by atoms with E-state index in [-0.39, 0.29) is 5.91 Å². The standard InChI is InChI=1S/C18H30N2O/c1-3-4-5-6-7-8-9-10-15-20-18(21)16-11-13-17(19-2)14-12-16/h11-14,19H,3-10,15H2,1-2H3,(H,20,21). The summed E-state index contributed by atoms with van der Waals surface area (Å²) >= 11 is 0. The quantitative estimate of drug-likeness (QED) is 0.585. The van der Waals surface area contributed by atoms with Gasteiger partial charge in [0.15, 0.2) is 0 Å². The van der Waals surface area contributed by atoms with Crippen LogP contribution < -0.4 is 10.6 Å². The molecule has 0 heterocycles. The SMILES string of the molecule is CCCCCCCCCCNC(=O)c1ccc(NC)cc1. The van der Waals surface area contributed by atoms with Crippen molar-refractivity contribution in [2.24, 2.45) is 0 Å². The highest BCUT2D eigenvalue weighted by Crippen LogP contribution is 2.09. The van der Waals surface area contributed by atoms with Crippen molar-refractivity contribution >= 4 is 11.6 Å². The van der Waals surface area contributed by atoms with Crippen LogP contribution in [0.2, 0.25) is 0 Å². The molecule has 0 saturated carbocycles. The van der Waals surface area contributed by atoms with Gasteiger partial charge < -0.3 is 10.6 Å². The van der Waals surface area contributed by atoms with Crippen LogP contribution >= 0.6 is 0 Å². The summed E-state index contributed by atoms with van der Waals surface area (Å²) in [7, 11) is 1.87. The minimum absolute atomic E-state index is 0.0283. The number of rotatable bonds is 11. The normalized spacial score (nSPS) is 10.4. The number of carbonyl (C=O) groups is 1. The van der Waals surface area contributed by atoms with E-state index >= 15 is 0 Å². The smallest absolute Gasteiger partial charge is 0.251 e. The summed E-state index contributed by atoms with van der Waals surface area (Å²) in [4.78, 5) is 11.9. The Hall–Kier alpha value is -1.51. The molecule has 0 fully saturated rings. The molecule has 0 aliphatic heterocycles. The second-order valence-corrected chi connectivity index (χ2v) is 5.56. The van der Waals surface area contributed by atoms with Crippen molar-refractivity contribution < 1.29 is 4.79 Å². The van der Waals surface area contributed by atoms with E-state index in [9.17, 15) is 4.79 Å². The van der Waals surface area contributed by atoms with Crippen molar-refractivity contribution in [2.45, 2.75) is 58.3 Å². The van der Waals surface area contributed by atoms with Crippen LogP contribution in [0.1, 0.15) is 68.6 Å². The predicted molar refractivity (Wildman–Crippen MR) is 90.9 cm³/mol. The molecule has 1 aromatic carbocycles. The van der Waals surface area contributed by atoms with Gasteiger partial charge >= 0.3 is 0 Å². The zero-order valence-corrected chi connectivity index (χ0v) is 13.6. The third-order valence-corrected chi connectivity index (χ3v) is 3.75. The van der Waals surface area contributed by atoms with E-state index in [4.69, 9.17) is 0 Å². The molecule has 0 spiro atoms. The average Bonchev–Trinajstić information content (AvgIpc) is 2.53. The van der Waals surface area contributed by atoms with Crippen LogP contribution in [0, 0.1) is 0 Å². The van der Waals surface area contributed by atoms with Crippen LogP contribution in [-0.2, 0) is 0 Å². The topological polar surface area (TPSA) is 41.1 Å². The van der Waals surface area contributed by atoms with E-state index in [1.165, 1.54) is 44.9 Å². The molecule has 0 saturated heterocycles. The fourth-order valence-corrected chi connectivity index (χ4v) is 2.35. The van der Waals surface area contributed by atoms with E-state index in [0.29, 0.717) is 0 Å². The third kappa shape index (κ3) is 7.74. The largest absolute Gasteiger partial charge is 0.388 e. The van der Waals surface area contributed by atoms with Crippen LogP contribution in [0.25, 0.3) is 0 Å². The molecule has 0 aromatic heterocycles. The highest BCUT2D eigenvalue weighted by molar-refractivity contribution is 5.94. The molecule has 3 nitrogen and oxygen atoms in total. The number of nitrogens with one attached hydrogen (secondary N) is 2. The van der Waals surface area contributed by atoms with Gasteiger partial charge in [-0.1, -0.05) is 51.9 Å². The minimum Gasteiger partial charge on any atom is -0.388 e. The lowest BCUT2D eigenvalue weighted by Crippen LogP contribution is -2.24. The van der Waals surface area contributed by atoms with Crippen LogP contribution in [0.3, 0.4) is 0 Å². The molecule has 0 atom stereocenters. The van der Waals surface area contributed by atoms with Crippen molar-refractivity contribution in [3.05, 3.63) is 29.8 Å². The molecule has 0 unspecified atom stereocenters. The van der Waals surface area contributed by atoms with E-state index in [1.54, 1.807) is 0 Å². The summed E-state index contributed by atoms with van der Waals surface area (Å²) < 4.78 is 0. The van der Waals surface area contributed by atoms with Gasteiger partial charge in [0.05, 0.1) is 0 Å². The first-order valence-corrected chi connectivity index (χ1v) is 8.34. The van der Waals surface area contributed by atoms with E-state index < -0.39 is 0 Å². The van der Waals surface area contributed by atoms with Crippen molar-refractivity contribution in [3.8, 4) is 0 Å². The highest BCUT2D eigenvalue weighted by atomic mass is 16.1. The molecule has 0 aliphatic carbocycles. The molecule has 3 heteroatoms. The predicted octanol–water partition coefficient (Wildman–Crippen LogP) is 4.60. The molecule has 118 valence electrons. The number of hydrogen-bond acceptors (Lipinski definition) is 2. The summed E-state index contributed by atoms with van der Waals surface area (Å²) in [5.74, 6) is 0.0283. The van der Waals surface area contributed by atoms with E-state index in [2.05, 4.69) is 17.6 Å². The lowest BCUT2D eigenvalue weighted by molar-refractivity contribution is 0.0953. The van der Waals surface area contributed by atoms with Crippen molar-refractivity contribution in [2.75, 3.05) is 18.9 Å². The molecule has 1 rings (SSSR count). The van der Waals surface area contributed by atoms with Crippen molar-refractivity contribution in [1.82, 2.24) is 5.32 Å². The van der Waals surface area contributed by atoms with Crippen LogP contribution in [-0.4, -0.2) is 19.5 Å². The number of benzene rings is 1. The Morgan fingerprint density at radius 2 is 1.48 bits per heavy atom. The summed E-state index contributed by atoms with van der Waals surface area (Å²) in [6.07, 6.45) is 10.3. The van der Waals surface area contributed by atoms with Gasteiger partial charge in [0.25, 0.3) is 5.91 Å². The Balaban J connectivity index is 2.05. The van der Waals surface area contributed by atoms with E-state index in [0.717, 1.165) is 24.2 Å². The first-order chi connectivity index (χ1) is 10.3. The molecule has 1 aromatic rings. The molecular formula is C18H30N2O. The lowest BCUT2D eigenvalue weighted by Gasteiger charge is -2.06. The summed E-state index contributed by atoms with van der Waals surface area (Å²) in [5, 5.41) is 6.03. The monoisotopic (exact) mass is 290 g/mol. The second-order valence-electron chi connectivity index (χ2n) is 5.56. The average molecular weight is 290 g/mol. The number of unbranched alkanes of at least 4 members (excludes halogenated alkanes) is 7. The highest BCUT2D eigenvalue weighted by Gasteiger charge is 2.03. The Kier molecular flexibility index (Phi) is 9.34. The van der Waals surface area contributed by atoms with Crippen molar-refractivity contribution in [3.63, 3.8) is 0 Å². The summed E-state index contributed by atoms with van der Waals surface area (Å²) in [5.41, 5.74) is 1.75. The molecule has 21 heavy (non-hydrogen) atoms. The zero-order valence-electron chi connectivity index (χ0n) is 13.6. The van der Waals surface area contributed by atoms with Crippen LogP contribution in [0.5, 0.6) is 0 Å². The van der Waals surface area contributed by atoms with Gasteiger partial charge in [0.1, 0.15) is 0 Å². The second kappa shape index (κ2) is 11.2. The minimum atomic E-state index is 0.0283. The Morgan fingerprint density at radius 3 is 2.05 bits per heavy atom. The number of carbonyl (C=O) groups excluding carboxylic acids is 1. The molecule has 0 radical (unpaired) electrons. The van der Waals surface area contributed by atoms with Crippen LogP contribution in [0.15, 0.2) is 24.3 Å². The van der Waals surface area contributed by atoms with Gasteiger partial charge in [0, 0.05) is 24.8 Å². The maximum absolute atomic E-state index is 11.9. The first kappa shape index (κ1) is 17.5. The first-order valence-electron chi connectivity index (χ1n) is 8.34. The zero-order chi connectivity index (χ0) is 15.3. The molecule has 2 N–H and O–H groups in total. The molecule has 1 amide bonds. The van der Waals surface area contributed by atoms with Gasteiger partial charge in [-0.3, -0.25) is 4.79 Å². The summed E-state index contributed by atoms with van der Waals surface area (Å²) in [6, 6.07) is 7.56. The van der Waals surface area contributed by atoms with Crippen molar-refractivity contribution in [1.29, 1.82) is 0 Å². The number of amides is 1. The van der Waals surface area contributed by atoms with Gasteiger partial charge in [-0.2, -0.15) is 0 Å². The van der Waals surface area contributed by atoms with Gasteiger partial charge in [-0.15, -0.1) is 0 Å². The lowest BCUT2D eigenvalue weighted by atomic mass is 10.1. The fourth-order valence-electron chi connectivity index (χ4n) is 2.35. The number of hydrogen-bond donors (Lipinski definition) is 2. The molecule has 0 bridgehead atoms. The van der Waals surface area contributed by atoms with Gasteiger partial charge in [-0.25, -0.2) is 0 Å².